The third kappa shape index (κ3) is 8.03. The van der Waals surface area contributed by atoms with E-state index < -0.39 is 23.7 Å². The maximum atomic E-state index is 14.9. The predicted octanol–water partition coefficient (Wildman–Crippen LogP) is 6.33. The molecule has 1 atom stereocenters. The van der Waals surface area contributed by atoms with Crippen LogP contribution in [0.5, 0.6) is 11.8 Å². The van der Waals surface area contributed by atoms with Crippen LogP contribution in [0.25, 0.3) is 5.69 Å². The number of halogens is 4. The van der Waals surface area contributed by atoms with Crippen molar-refractivity contribution in [2.24, 2.45) is 0 Å². The van der Waals surface area contributed by atoms with Crippen molar-refractivity contribution >= 4 is 35.1 Å². The van der Waals surface area contributed by atoms with E-state index in [-0.39, 0.29) is 35.7 Å². The largest absolute Gasteiger partial charge is 0.573 e. The van der Waals surface area contributed by atoms with Crippen molar-refractivity contribution in [2.75, 3.05) is 16.0 Å². The third-order valence-electron chi connectivity index (χ3n) is 6.60. The fourth-order valence-electron chi connectivity index (χ4n) is 4.58. The maximum absolute atomic E-state index is 14.9. The quantitative estimate of drug-likeness (QED) is 0.194. The van der Waals surface area contributed by atoms with Gasteiger partial charge in [-0.15, -0.1) is 30.0 Å². The van der Waals surface area contributed by atoms with E-state index in [0.29, 0.717) is 11.3 Å². The Morgan fingerprint density at radius 1 is 1.11 bits per heavy atom. The number of aromatic nitrogens is 3. The molecule has 0 spiro atoms. The summed E-state index contributed by atoms with van der Waals surface area (Å²) in [5.74, 6) is -1.01. The number of urea groups is 1. The number of rotatable bonds is 10. The van der Waals surface area contributed by atoms with Gasteiger partial charge in [-0.05, 0) is 72.5 Å². The van der Waals surface area contributed by atoms with E-state index in [2.05, 4.69) is 32.4 Å². The summed E-state index contributed by atoms with van der Waals surface area (Å²) < 4.78 is 62.7. The lowest BCUT2D eigenvalue weighted by Gasteiger charge is -2.27. The number of carbonyl (C=O) groups excluding carboxylic acids is 2. The van der Waals surface area contributed by atoms with Crippen LogP contribution >= 0.6 is 11.8 Å². The first-order chi connectivity index (χ1) is 21.5. The molecule has 1 saturated heterocycles. The standard InChI is InChI=1S/C30H28F4N6O4S/c1-3-4-20-7-5-18(2)13-25(20)40-26(41)16-45-29(40)37-27(42)36-24-12-6-19(14-23(24)31)15-43-28-35-17-39(38-28)21-8-10-22(11-9-21)44-30(32,33)34/h5-14,17,29H,3-4,15-16H2,1-2H3,(H2,36,37,42). The minimum Gasteiger partial charge on any atom is -0.458 e. The highest BCUT2D eigenvalue weighted by atomic mass is 32.2. The molecule has 45 heavy (non-hydrogen) atoms. The van der Waals surface area contributed by atoms with Crippen molar-refractivity contribution in [3.63, 3.8) is 0 Å². The zero-order valence-corrected chi connectivity index (χ0v) is 24.9. The molecule has 236 valence electrons. The van der Waals surface area contributed by atoms with Crippen LogP contribution in [0.15, 0.2) is 67.0 Å². The fraction of sp³-hybridized carbons (Fsp3) is 0.267. The average Bonchev–Trinajstić information content (AvgIpc) is 3.60. The Morgan fingerprint density at radius 2 is 1.89 bits per heavy atom. The Labute approximate surface area is 259 Å². The van der Waals surface area contributed by atoms with Crippen LogP contribution in [-0.4, -0.2) is 44.3 Å². The van der Waals surface area contributed by atoms with E-state index in [1.807, 2.05) is 25.1 Å². The second-order valence-electron chi connectivity index (χ2n) is 10.0. The molecule has 3 aromatic carbocycles. The summed E-state index contributed by atoms with van der Waals surface area (Å²) in [7, 11) is 0. The van der Waals surface area contributed by atoms with Gasteiger partial charge in [0.1, 0.15) is 24.5 Å². The van der Waals surface area contributed by atoms with E-state index in [4.69, 9.17) is 4.74 Å². The number of ether oxygens (including phenoxy) is 2. The van der Waals surface area contributed by atoms with Gasteiger partial charge in [0, 0.05) is 0 Å². The molecule has 1 unspecified atom stereocenters. The van der Waals surface area contributed by atoms with Gasteiger partial charge in [-0.25, -0.2) is 13.9 Å². The number of nitrogens with zero attached hydrogens (tertiary/aromatic N) is 4. The van der Waals surface area contributed by atoms with Gasteiger partial charge in [0.25, 0.3) is 0 Å². The molecule has 10 nitrogen and oxygen atoms in total. The fourth-order valence-corrected chi connectivity index (χ4v) is 5.59. The Morgan fingerprint density at radius 3 is 2.60 bits per heavy atom. The van der Waals surface area contributed by atoms with Crippen LogP contribution in [0.2, 0.25) is 0 Å². The van der Waals surface area contributed by atoms with Crippen molar-refractivity contribution in [1.82, 2.24) is 20.1 Å². The first kappa shape index (κ1) is 31.6. The van der Waals surface area contributed by atoms with Crippen LogP contribution in [0.3, 0.4) is 0 Å². The molecule has 2 heterocycles. The Balaban J connectivity index is 1.17. The zero-order valence-electron chi connectivity index (χ0n) is 24.1. The van der Waals surface area contributed by atoms with Crippen LogP contribution in [-0.2, 0) is 17.8 Å². The predicted molar refractivity (Wildman–Crippen MR) is 160 cm³/mol. The summed E-state index contributed by atoms with van der Waals surface area (Å²) in [4.78, 5) is 31.2. The number of hydrogen-bond donors (Lipinski definition) is 2. The monoisotopic (exact) mass is 644 g/mol. The minimum absolute atomic E-state index is 0.0449. The molecule has 0 bridgehead atoms. The molecule has 1 fully saturated rings. The highest BCUT2D eigenvalue weighted by Crippen LogP contribution is 2.33. The highest BCUT2D eigenvalue weighted by molar-refractivity contribution is 8.01. The van der Waals surface area contributed by atoms with Crippen LogP contribution < -0.4 is 25.0 Å². The van der Waals surface area contributed by atoms with Crippen molar-refractivity contribution in [3.05, 3.63) is 89.5 Å². The van der Waals surface area contributed by atoms with Crippen LogP contribution in [0.4, 0.5) is 33.7 Å². The molecular formula is C30H28F4N6O4S. The van der Waals surface area contributed by atoms with E-state index in [1.54, 1.807) is 11.0 Å². The molecule has 1 aliphatic rings. The van der Waals surface area contributed by atoms with Gasteiger partial charge in [0.15, 0.2) is 5.50 Å². The van der Waals surface area contributed by atoms with Gasteiger partial charge in [-0.1, -0.05) is 31.5 Å². The van der Waals surface area contributed by atoms with Gasteiger partial charge >= 0.3 is 18.4 Å². The van der Waals surface area contributed by atoms with Crippen LogP contribution in [0.1, 0.15) is 30.0 Å². The second-order valence-corrected chi connectivity index (χ2v) is 11.1. The summed E-state index contributed by atoms with van der Waals surface area (Å²) in [6.45, 7) is 3.89. The smallest absolute Gasteiger partial charge is 0.458 e. The Kier molecular flexibility index (Phi) is 9.46. The number of anilines is 2. The van der Waals surface area contributed by atoms with Gasteiger partial charge in [-0.3, -0.25) is 9.69 Å². The molecule has 0 radical (unpaired) electrons. The van der Waals surface area contributed by atoms with Gasteiger partial charge < -0.3 is 20.1 Å². The number of thioether (sulfide) groups is 1. The lowest BCUT2D eigenvalue weighted by Crippen LogP contribution is -2.46. The van der Waals surface area contributed by atoms with Crippen molar-refractivity contribution < 1.29 is 36.6 Å². The number of benzene rings is 3. The highest BCUT2D eigenvalue weighted by Gasteiger charge is 2.35. The first-order valence-corrected chi connectivity index (χ1v) is 14.8. The zero-order chi connectivity index (χ0) is 32.1. The number of carbonyl (C=O) groups is 2. The molecule has 1 aromatic heterocycles. The molecule has 15 heteroatoms. The van der Waals surface area contributed by atoms with Gasteiger partial charge in [0.2, 0.25) is 5.91 Å². The summed E-state index contributed by atoms with van der Waals surface area (Å²) in [5.41, 5.74) is 2.85. The number of aryl methyl sites for hydroxylation is 2. The first-order valence-electron chi connectivity index (χ1n) is 13.8. The third-order valence-corrected chi connectivity index (χ3v) is 7.66. The Bertz CT molecular complexity index is 1680. The van der Waals surface area contributed by atoms with Gasteiger partial charge in [-0.2, -0.15) is 4.98 Å². The molecule has 4 aromatic rings. The van der Waals surface area contributed by atoms with Gasteiger partial charge in [0.05, 0.1) is 22.8 Å². The van der Waals surface area contributed by atoms with E-state index >= 15 is 0 Å². The van der Waals surface area contributed by atoms with E-state index in [1.165, 1.54) is 47.0 Å². The summed E-state index contributed by atoms with van der Waals surface area (Å²) >= 11 is 1.27. The second kappa shape index (κ2) is 13.5. The lowest BCUT2D eigenvalue weighted by molar-refractivity contribution is -0.274. The molecular weight excluding hydrogens is 616 g/mol. The SMILES string of the molecule is CCCc1ccc(C)cc1N1C(=O)CSC1NC(=O)Nc1ccc(COc2ncn(-c3ccc(OC(F)(F)F)cc3)n2)cc1F. The van der Waals surface area contributed by atoms with E-state index in [9.17, 15) is 27.2 Å². The minimum atomic E-state index is -4.80. The number of hydrogen-bond acceptors (Lipinski definition) is 7. The Hall–Kier alpha value is -4.79. The lowest BCUT2D eigenvalue weighted by atomic mass is 10.0. The molecule has 5 rings (SSSR count). The molecule has 3 amide bonds. The van der Waals surface area contributed by atoms with Crippen LogP contribution in [0, 0.1) is 12.7 Å². The number of amides is 3. The summed E-state index contributed by atoms with van der Waals surface area (Å²) in [6.07, 6.45) is -1.82. The van der Waals surface area contributed by atoms with Crippen molar-refractivity contribution in [2.45, 2.75) is 45.2 Å². The number of nitrogens with one attached hydrogen (secondary N) is 2. The average molecular weight is 645 g/mol. The molecule has 0 saturated carbocycles. The topological polar surface area (TPSA) is 111 Å². The van der Waals surface area contributed by atoms with Crippen molar-refractivity contribution in [1.29, 1.82) is 0 Å². The number of alkyl halides is 3. The normalized spacial score (nSPS) is 14.8. The summed E-state index contributed by atoms with van der Waals surface area (Å²) in [5, 5.41) is 9.37. The van der Waals surface area contributed by atoms with Crippen molar-refractivity contribution in [3.8, 4) is 17.4 Å². The molecule has 1 aliphatic heterocycles. The maximum Gasteiger partial charge on any atom is 0.573 e. The molecule has 0 aliphatic carbocycles. The molecule has 2 N–H and O–H groups in total. The van der Waals surface area contributed by atoms with E-state index in [0.717, 1.165) is 41.8 Å². The summed E-state index contributed by atoms with van der Waals surface area (Å²) in [6, 6.07) is 14.3.